The van der Waals surface area contributed by atoms with Gasteiger partial charge in [0.25, 0.3) is 0 Å². The number of nitrogens with zero attached hydrogens (tertiary/aromatic N) is 2. The Morgan fingerprint density at radius 3 is 3.09 bits per heavy atom. The topological polar surface area (TPSA) is 24.7 Å². The van der Waals surface area contributed by atoms with Crippen LogP contribution in [-0.4, -0.2) is 0 Å². The zero-order valence-electron chi connectivity index (χ0n) is 5.32. The molecule has 0 bridgehead atoms. The first-order chi connectivity index (χ1) is 5.38. The van der Waals surface area contributed by atoms with Crippen LogP contribution >= 0.6 is 27.9 Å². The molecule has 0 amide bonds. The van der Waals surface area contributed by atoms with Gasteiger partial charge in [0.15, 0.2) is 0 Å². The first kappa shape index (κ1) is 7.52. The number of fused-ring (bicyclic) bond motifs is 1. The minimum atomic E-state index is 0.998. The maximum Gasteiger partial charge on any atom is 0.107 e. The molecule has 11 heavy (non-hydrogen) atoms. The number of halogens is 1. The summed E-state index contributed by atoms with van der Waals surface area (Å²) in [5, 5.41) is 0. The van der Waals surface area contributed by atoms with Crippen LogP contribution in [0.25, 0.3) is 0 Å². The van der Waals surface area contributed by atoms with Crippen molar-refractivity contribution in [2.75, 3.05) is 0 Å². The molecule has 0 spiro atoms. The van der Waals surface area contributed by atoms with E-state index in [4.69, 9.17) is 0 Å². The third kappa shape index (κ3) is 1.40. The highest BCUT2D eigenvalue weighted by atomic mass is 79.9. The van der Waals surface area contributed by atoms with Gasteiger partial charge < -0.3 is 0 Å². The Labute approximate surface area is 80.5 Å². The maximum absolute atomic E-state index is 4.17. The van der Waals surface area contributed by atoms with E-state index in [1.54, 1.807) is 0 Å². The van der Waals surface area contributed by atoms with Crippen LogP contribution in [0.2, 0.25) is 0 Å². The van der Waals surface area contributed by atoms with Crippen molar-refractivity contribution in [3.05, 3.63) is 22.7 Å². The van der Waals surface area contributed by atoms with Crippen molar-refractivity contribution in [1.82, 2.24) is 0 Å². The Bertz CT molecular complexity index is 358. The zero-order valence-corrected chi connectivity index (χ0v) is 8.54. The molecule has 2 rings (SSSR count). The van der Waals surface area contributed by atoms with Crippen LogP contribution in [0, 0.1) is 0 Å². The molecule has 1 aromatic carbocycles. The lowest BCUT2D eigenvalue weighted by Gasteiger charge is -2.03. The molecule has 5 heteroatoms. The molecule has 1 aliphatic rings. The Morgan fingerprint density at radius 1 is 1.36 bits per heavy atom. The first-order valence-corrected chi connectivity index (χ1v) is 5.21. The van der Waals surface area contributed by atoms with E-state index in [1.165, 1.54) is 23.3 Å². The van der Waals surface area contributed by atoms with Crippen LogP contribution in [0.15, 0.2) is 35.7 Å². The van der Waals surface area contributed by atoms with Gasteiger partial charge in [0.05, 0.1) is 16.3 Å². The Hall–Kier alpha value is -0.130. The smallest absolute Gasteiger partial charge is 0.107 e. The fourth-order valence-corrected chi connectivity index (χ4v) is 2.78. The van der Waals surface area contributed by atoms with Crippen molar-refractivity contribution in [2.45, 2.75) is 4.90 Å². The molecule has 0 aromatic heterocycles. The van der Waals surface area contributed by atoms with Gasteiger partial charge in [0, 0.05) is 16.4 Å². The molecule has 0 aliphatic carbocycles. The highest BCUT2D eigenvalue weighted by Crippen LogP contribution is 2.38. The second-order valence-corrected chi connectivity index (χ2v) is 4.34. The normalized spacial score (nSPS) is 13.9. The molecule has 1 heterocycles. The molecule has 0 saturated heterocycles. The first-order valence-electron chi connectivity index (χ1n) is 2.91. The summed E-state index contributed by atoms with van der Waals surface area (Å²) in [6.45, 7) is 0. The Kier molecular flexibility index (Phi) is 2.11. The molecular formula is C6H3BrN2S2. The van der Waals surface area contributed by atoms with E-state index in [-0.39, 0.29) is 0 Å². The fourth-order valence-electron chi connectivity index (χ4n) is 0.772. The quantitative estimate of drug-likeness (QED) is 0.643. The van der Waals surface area contributed by atoms with Crippen LogP contribution in [0.3, 0.4) is 0 Å². The Morgan fingerprint density at radius 2 is 2.27 bits per heavy atom. The van der Waals surface area contributed by atoms with Gasteiger partial charge in [-0.1, -0.05) is 6.07 Å². The maximum atomic E-state index is 4.17. The SMILES string of the molecule is Brc1cccc2c1N=S=NS2. The van der Waals surface area contributed by atoms with Gasteiger partial charge in [-0.15, -0.1) is 3.77 Å². The highest BCUT2D eigenvalue weighted by molar-refractivity contribution is 9.10. The molecule has 0 N–H and O–H groups in total. The summed E-state index contributed by atoms with van der Waals surface area (Å²) in [5.74, 6) is 0. The van der Waals surface area contributed by atoms with Crippen LogP contribution in [0.4, 0.5) is 5.69 Å². The van der Waals surface area contributed by atoms with Crippen LogP contribution in [-0.2, 0) is 11.4 Å². The number of hydrogen-bond acceptors (Lipinski definition) is 3. The summed E-state index contributed by atoms with van der Waals surface area (Å²) in [7, 11) is 0. The zero-order chi connectivity index (χ0) is 7.68. The van der Waals surface area contributed by atoms with Gasteiger partial charge in [0.2, 0.25) is 0 Å². The molecule has 0 unspecified atom stereocenters. The van der Waals surface area contributed by atoms with Gasteiger partial charge in [-0.2, -0.15) is 4.36 Å². The summed E-state index contributed by atoms with van der Waals surface area (Å²) in [6.07, 6.45) is 0. The molecule has 1 aliphatic heterocycles. The van der Waals surface area contributed by atoms with E-state index in [2.05, 4.69) is 24.1 Å². The summed E-state index contributed by atoms with van der Waals surface area (Å²) < 4.78 is 9.21. The van der Waals surface area contributed by atoms with Crippen molar-refractivity contribution < 1.29 is 0 Å². The van der Waals surface area contributed by atoms with Crippen molar-refractivity contribution in [1.29, 1.82) is 0 Å². The van der Waals surface area contributed by atoms with Crippen molar-refractivity contribution >= 4 is 44.9 Å². The molecule has 0 fully saturated rings. The lowest BCUT2D eigenvalue weighted by atomic mass is 10.3. The fraction of sp³-hybridized carbons (Fsp3) is 0. The standard InChI is InChI=1S/C6H3BrN2S2/c7-4-2-1-3-5-6(4)8-11-9-10-5/h1-3H. The summed E-state index contributed by atoms with van der Waals surface area (Å²) in [6, 6.07) is 5.98. The molecule has 2 nitrogen and oxygen atoms in total. The largest absolute Gasteiger partial charge is 0.172 e. The van der Waals surface area contributed by atoms with Crippen LogP contribution < -0.4 is 0 Å². The predicted octanol–water partition coefficient (Wildman–Crippen LogP) is 3.55. The third-order valence-electron chi connectivity index (χ3n) is 1.25. The van der Waals surface area contributed by atoms with E-state index in [1.807, 2.05) is 18.2 Å². The van der Waals surface area contributed by atoms with Crippen molar-refractivity contribution in [3.63, 3.8) is 0 Å². The monoisotopic (exact) mass is 246 g/mol. The summed E-state index contributed by atoms with van der Waals surface area (Å²) >= 11 is 6.12. The number of benzene rings is 1. The average molecular weight is 247 g/mol. The van der Waals surface area contributed by atoms with Crippen molar-refractivity contribution in [2.24, 2.45) is 8.13 Å². The second-order valence-electron chi connectivity index (χ2n) is 1.93. The van der Waals surface area contributed by atoms with Crippen LogP contribution in [0.1, 0.15) is 0 Å². The molecule has 0 radical (unpaired) electrons. The molecule has 56 valence electrons. The lowest BCUT2D eigenvalue weighted by molar-refractivity contribution is 1.37. The predicted molar refractivity (Wildman–Crippen MR) is 51.9 cm³/mol. The summed E-state index contributed by atoms with van der Waals surface area (Å²) in [4.78, 5) is 1.11. The molecule has 0 atom stereocenters. The average Bonchev–Trinajstić information content (AvgIpc) is 2.06. The van der Waals surface area contributed by atoms with Gasteiger partial charge in [-0.05, 0) is 28.1 Å². The highest BCUT2D eigenvalue weighted by Gasteiger charge is 2.07. The van der Waals surface area contributed by atoms with E-state index in [0.717, 1.165) is 15.1 Å². The minimum absolute atomic E-state index is 0.998. The minimum Gasteiger partial charge on any atom is -0.172 e. The van der Waals surface area contributed by atoms with Gasteiger partial charge >= 0.3 is 0 Å². The van der Waals surface area contributed by atoms with Crippen molar-refractivity contribution in [3.8, 4) is 0 Å². The van der Waals surface area contributed by atoms with Gasteiger partial charge in [-0.3, -0.25) is 0 Å². The lowest BCUT2D eigenvalue weighted by Crippen LogP contribution is -1.75. The number of hydrogen-bond donors (Lipinski definition) is 0. The van der Waals surface area contributed by atoms with Crippen LogP contribution in [0.5, 0.6) is 0 Å². The molecule has 1 aromatic rings. The second kappa shape index (κ2) is 3.08. The van der Waals surface area contributed by atoms with E-state index in [9.17, 15) is 0 Å². The summed E-state index contributed by atoms with van der Waals surface area (Å²) in [5.41, 5.74) is 0.998. The molecular weight excluding hydrogens is 244 g/mol. The van der Waals surface area contributed by atoms with Gasteiger partial charge in [-0.25, -0.2) is 0 Å². The Balaban J connectivity index is 2.69. The van der Waals surface area contributed by atoms with E-state index >= 15 is 0 Å². The van der Waals surface area contributed by atoms with E-state index in [0.29, 0.717) is 0 Å². The number of rotatable bonds is 0. The van der Waals surface area contributed by atoms with E-state index < -0.39 is 0 Å². The molecule has 0 saturated carbocycles. The van der Waals surface area contributed by atoms with Gasteiger partial charge in [0.1, 0.15) is 5.69 Å². The third-order valence-corrected chi connectivity index (χ3v) is 3.25.